The summed E-state index contributed by atoms with van der Waals surface area (Å²) in [5.41, 5.74) is 7.81. The van der Waals surface area contributed by atoms with Crippen molar-refractivity contribution >= 4 is 54.7 Å². The number of aromatic nitrogens is 1. The highest BCUT2D eigenvalue weighted by Crippen LogP contribution is 2.58. The Morgan fingerprint density at radius 3 is 1.73 bits per heavy atom. The average molecular weight is 807 g/mol. The minimum Gasteiger partial charge on any atom is -0.504 e. The van der Waals surface area contributed by atoms with Gasteiger partial charge in [-0.1, -0.05) is 158 Å². The molecule has 0 bridgehead atoms. The first kappa shape index (κ1) is 38.0. The topological polar surface area (TPSA) is 89.1 Å². The van der Waals surface area contributed by atoms with Crippen molar-refractivity contribution in [2.24, 2.45) is 0 Å². The highest BCUT2D eigenvalue weighted by molar-refractivity contribution is 6.09. The van der Waals surface area contributed by atoms with Crippen LogP contribution >= 0.6 is 0 Å². The Bertz CT molecular complexity index is 3300. The van der Waals surface area contributed by atoms with Crippen LogP contribution in [0.4, 0.5) is 11.4 Å². The molecule has 10 rings (SSSR count). The Morgan fingerprint density at radius 2 is 1.06 bits per heavy atom. The molecule has 0 aliphatic heterocycles. The lowest BCUT2D eigenvalue weighted by Crippen LogP contribution is -2.16. The second kappa shape index (κ2) is 15.8. The van der Waals surface area contributed by atoms with Crippen LogP contribution in [0.5, 0.6) is 23.0 Å². The Hall–Kier alpha value is -8.22. The molecule has 0 aliphatic carbocycles. The maximum atomic E-state index is 12.0. The molecule has 6 nitrogen and oxygen atoms in total. The van der Waals surface area contributed by atoms with Gasteiger partial charge in [-0.05, 0) is 99.6 Å². The monoisotopic (exact) mass is 806 g/mol. The van der Waals surface area contributed by atoms with Crippen LogP contribution in [0, 0.1) is 0 Å². The molecule has 1 heterocycles. The number of nitrogens with zero attached hydrogens (tertiary/aromatic N) is 2. The predicted octanol–water partition coefficient (Wildman–Crippen LogP) is 14.1. The fraction of sp³-hybridized carbons (Fsp3) is 0.0357. The highest BCUT2D eigenvalue weighted by atomic mass is 16.3. The summed E-state index contributed by atoms with van der Waals surface area (Å²) < 4.78 is 2.29. The molecule has 0 saturated carbocycles. The van der Waals surface area contributed by atoms with Gasteiger partial charge in [0, 0.05) is 27.8 Å². The SMILES string of the molecule is C/C=C(\C=C/Cc1cccc2ccccc12)N(c1ccc(-c2cccc(-n3c4ccccc4c4ccccc43)c2)cc1)c1c(O)c(O)c(-c2cccc3ccccc23)c(O)c1O. The second-order valence-corrected chi connectivity index (χ2v) is 15.4. The van der Waals surface area contributed by atoms with Crippen LogP contribution in [0.3, 0.4) is 0 Å². The molecule has 300 valence electrons. The molecule has 9 aromatic carbocycles. The van der Waals surface area contributed by atoms with Crippen molar-refractivity contribution in [2.45, 2.75) is 13.3 Å². The van der Waals surface area contributed by atoms with Gasteiger partial charge in [-0.3, -0.25) is 0 Å². The number of phenolic OH excluding ortho intramolecular Hbond substituents is 4. The number of hydrogen-bond acceptors (Lipinski definition) is 5. The summed E-state index contributed by atoms with van der Waals surface area (Å²) >= 11 is 0. The summed E-state index contributed by atoms with van der Waals surface area (Å²) in [4.78, 5) is 1.66. The lowest BCUT2D eigenvalue weighted by atomic mass is 9.95. The Kier molecular flexibility index (Phi) is 9.66. The van der Waals surface area contributed by atoms with E-state index in [9.17, 15) is 20.4 Å². The van der Waals surface area contributed by atoms with Gasteiger partial charge in [0.2, 0.25) is 0 Å². The number of para-hydroxylation sites is 2. The fourth-order valence-corrected chi connectivity index (χ4v) is 8.91. The number of fused-ring (bicyclic) bond motifs is 5. The van der Waals surface area contributed by atoms with E-state index in [0.29, 0.717) is 23.4 Å². The predicted molar refractivity (Wildman–Crippen MR) is 255 cm³/mol. The molecule has 0 spiro atoms. The van der Waals surface area contributed by atoms with Gasteiger partial charge in [-0.2, -0.15) is 0 Å². The lowest BCUT2D eigenvalue weighted by Gasteiger charge is -2.29. The summed E-state index contributed by atoms with van der Waals surface area (Å²) in [5.74, 6) is -2.25. The maximum Gasteiger partial charge on any atom is 0.186 e. The van der Waals surface area contributed by atoms with Crippen LogP contribution in [0.2, 0.25) is 0 Å². The van der Waals surface area contributed by atoms with Crippen molar-refractivity contribution in [3.63, 3.8) is 0 Å². The molecule has 0 saturated heterocycles. The Labute approximate surface area is 359 Å². The van der Waals surface area contributed by atoms with Gasteiger partial charge >= 0.3 is 0 Å². The fourth-order valence-electron chi connectivity index (χ4n) is 8.91. The first-order valence-corrected chi connectivity index (χ1v) is 20.7. The van der Waals surface area contributed by atoms with Crippen molar-refractivity contribution in [1.82, 2.24) is 4.57 Å². The maximum absolute atomic E-state index is 12.0. The van der Waals surface area contributed by atoms with E-state index in [2.05, 4.69) is 102 Å². The molecular formula is C56H42N2O4. The number of phenols is 4. The molecular weight excluding hydrogens is 765 g/mol. The van der Waals surface area contributed by atoms with Crippen LogP contribution in [0.25, 0.3) is 71.3 Å². The number of hydrogen-bond donors (Lipinski definition) is 4. The normalized spacial score (nSPS) is 12.0. The van der Waals surface area contributed by atoms with E-state index in [1.165, 1.54) is 10.8 Å². The van der Waals surface area contributed by atoms with Crippen LogP contribution in [-0.2, 0) is 6.42 Å². The van der Waals surface area contributed by atoms with E-state index in [1.54, 1.807) is 11.0 Å². The van der Waals surface area contributed by atoms with E-state index in [4.69, 9.17) is 0 Å². The summed E-state index contributed by atoms with van der Waals surface area (Å²) in [6.07, 6.45) is 6.45. The van der Waals surface area contributed by atoms with E-state index >= 15 is 0 Å². The Balaban J connectivity index is 1.08. The summed E-state index contributed by atoms with van der Waals surface area (Å²) in [5, 5.41) is 53.9. The smallest absolute Gasteiger partial charge is 0.186 e. The van der Waals surface area contributed by atoms with Crippen LogP contribution in [-0.4, -0.2) is 25.0 Å². The minimum absolute atomic E-state index is 0.0625. The quantitative estimate of drug-likeness (QED) is 0.0663. The van der Waals surface area contributed by atoms with Crippen molar-refractivity contribution in [3.05, 3.63) is 211 Å². The van der Waals surface area contributed by atoms with E-state index in [0.717, 1.165) is 55.0 Å². The molecule has 10 aromatic rings. The highest BCUT2D eigenvalue weighted by Gasteiger charge is 2.30. The zero-order chi connectivity index (χ0) is 42.3. The number of rotatable bonds is 9. The molecule has 0 atom stereocenters. The Morgan fingerprint density at radius 1 is 0.516 bits per heavy atom. The minimum atomic E-state index is -0.576. The third-order valence-corrected chi connectivity index (χ3v) is 11.9. The number of aromatic hydroxyl groups is 4. The molecule has 62 heavy (non-hydrogen) atoms. The second-order valence-electron chi connectivity index (χ2n) is 15.4. The first-order chi connectivity index (χ1) is 30.4. The zero-order valence-electron chi connectivity index (χ0n) is 33.9. The van der Waals surface area contributed by atoms with Crippen LogP contribution < -0.4 is 4.90 Å². The van der Waals surface area contributed by atoms with E-state index in [-0.39, 0.29) is 11.3 Å². The van der Waals surface area contributed by atoms with Crippen molar-refractivity contribution in [1.29, 1.82) is 0 Å². The lowest BCUT2D eigenvalue weighted by molar-refractivity contribution is 0.377. The van der Waals surface area contributed by atoms with E-state index < -0.39 is 23.0 Å². The average Bonchev–Trinajstić information content (AvgIpc) is 3.66. The standard InChI is InChI=1S/C56H42N2O4/c1-2-41(22-12-19-38-18-11-17-37-15-3-5-24-44(37)38)57(52-55(61)53(59)51(54(60)56(52)62)48-28-14-20-39-16-4-6-25-45(39)48)42-33-31-36(32-34-42)40-21-13-23-43(35-40)58-49-29-9-7-26-46(49)47-27-8-10-30-50(47)58/h2-18,20-35,59-62H,19H2,1H3/b22-12-,41-2+. The van der Waals surface area contributed by atoms with Crippen LogP contribution in [0.1, 0.15) is 12.5 Å². The molecule has 0 unspecified atom stereocenters. The van der Waals surface area contributed by atoms with Crippen molar-refractivity contribution in [3.8, 4) is 50.9 Å². The third kappa shape index (κ3) is 6.46. The molecule has 1 aromatic heterocycles. The van der Waals surface area contributed by atoms with Gasteiger partial charge in [-0.15, -0.1) is 0 Å². The third-order valence-electron chi connectivity index (χ3n) is 11.9. The molecule has 6 heteroatoms. The van der Waals surface area contributed by atoms with Crippen molar-refractivity contribution in [2.75, 3.05) is 4.90 Å². The van der Waals surface area contributed by atoms with Gasteiger partial charge in [0.15, 0.2) is 23.0 Å². The van der Waals surface area contributed by atoms with Crippen molar-refractivity contribution < 1.29 is 20.4 Å². The summed E-state index contributed by atoms with van der Waals surface area (Å²) in [7, 11) is 0. The van der Waals surface area contributed by atoms with E-state index in [1.807, 2.05) is 104 Å². The molecule has 4 N–H and O–H groups in total. The van der Waals surface area contributed by atoms with Gasteiger partial charge in [0.25, 0.3) is 0 Å². The van der Waals surface area contributed by atoms with Gasteiger partial charge in [0.1, 0.15) is 5.69 Å². The zero-order valence-corrected chi connectivity index (χ0v) is 33.9. The van der Waals surface area contributed by atoms with Crippen LogP contribution in [0.15, 0.2) is 206 Å². The molecule has 0 aliphatic rings. The summed E-state index contributed by atoms with van der Waals surface area (Å²) in [6, 6.07) is 60.7. The molecule has 0 radical (unpaired) electrons. The summed E-state index contributed by atoms with van der Waals surface area (Å²) in [6.45, 7) is 1.87. The van der Waals surface area contributed by atoms with Gasteiger partial charge in [0.05, 0.1) is 16.6 Å². The largest absolute Gasteiger partial charge is 0.504 e. The number of anilines is 2. The number of allylic oxidation sites excluding steroid dienone is 3. The molecule has 0 fully saturated rings. The molecule has 0 amide bonds. The number of benzene rings is 9. The van der Waals surface area contributed by atoms with Gasteiger partial charge < -0.3 is 29.9 Å². The first-order valence-electron chi connectivity index (χ1n) is 20.7. The van der Waals surface area contributed by atoms with Gasteiger partial charge in [-0.25, -0.2) is 0 Å².